The highest BCUT2D eigenvalue weighted by atomic mass is 19.1. The van der Waals surface area contributed by atoms with Gasteiger partial charge in [0.15, 0.2) is 5.82 Å². The standard InChI is InChI=1S/C16H22FN3O/c1-9(2)11-4-3-10(5-11)8-21-12-6-13(17)15-14(7-12)19-20-16(15)18/h6-7,9-11H,3-5,8H2,1-2H3,(H3,18,19,20)/t10-,11?/m1/s1. The zero-order chi connectivity index (χ0) is 15.0. The van der Waals surface area contributed by atoms with E-state index in [0.29, 0.717) is 29.2 Å². The monoisotopic (exact) mass is 291 g/mol. The Morgan fingerprint density at radius 3 is 2.95 bits per heavy atom. The molecule has 0 spiro atoms. The van der Waals surface area contributed by atoms with Gasteiger partial charge in [-0.1, -0.05) is 13.8 Å². The lowest BCUT2D eigenvalue weighted by Gasteiger charge is -2.15. The second-order valence-corrected chi connectivity index (χ2v) is 6.43. The fourth-order valence-electron chi connectivity index (χ4n) is 3.27. The molecule has 21 heavy (non-hydrogen) atoms. The van der Waals surface area contributed by atoms with Crippen molar-refractivity contribution in [3.63, 3.8) is 0 Å². The summed E-state index contributed by atoms with van der Waals surface area (Å²) < 4.78 is 19.8. The number of nitrogens with zero attached hydrogens (tertiary/aromatic N) is 1. The molecule has 3 rings (SSSR count). The molecule has 0 aliphatic heterocycles. The molecule has 1 aliphatic carbocycles. The van der Waals surface area contributed by atoms with Gasteiger partial charge in [0.05, 0.1) is 17.5 Å². The first-order valence-corrected chi connectivity index (χ1v) is 7.60. The number of fused-ring (bicyclic) bond motifs is 1. The normalized spacial score (nSPS) is 22.3. The lowest BCUT2D eigenvalue weighted by molar-refractivity contribution is 0.242. The summed E-state index contributed by atoms with van der Waals surface area (Å²) in [5.74, 6) is 2.44. The molecule has 1 saturated carbocycles. The molecule has 1 aliphatic rings. The smallest absolute Gasteiger partial charge is 0.156 e. The van der Waals surface area contributed by atoms with Crippen LogP contribution in [0.2, 0.25) is 0 Å². The molecular weight excluding hydrogens is 269 g/mol. The van der Waals surface area contributed by atoms with Crippen molar-refractivity contribution in [3.05, 3.63) is 17.9 Å². The summed E-state index contributed by atoms with van der Waals surface area (Å²) in [6.07, 6.45) is 3.68. The highest BCUT2D eigenvalue weighted by Crippen LogP contribution is 2.36. The lowest BCUT2D eigenvalue weighted by atomic mass is 9.93. The van der Waals surface area contributed by atoms with E-state index in [0.717, 1.165) is 11.8 Å². The fourth-order valence-corrected chi connectivity index (χ4v) is 3.27. The average molecular weight is 291 g/mol. The van der Waals surface area contributed by atoms with Gasteiger partial charge in [-0.2, -0.15) is 5.10 Å². The van der Waals surface area contributed by atoms with Crippen LogP contribution >= 0.6 is 0 Å². The van der Waals surface area contributed by atoms with Gasteiger partial charge in [-0.25, -0.2) is 4.39 Å². The van der Waals surface area contributed by atoms with Crippen LogP contribution in [0.3, 0.4) is 0 Å². The maximum absolute atomic E-state index is 14.0. The third kappa shape index (κ3) is 2.82. The zero-order valence-corrected chi connectivity index (χ0v) is 12.5. The molecule has 114 valence electrons. The number of halogens is 1. The maximum Gasteiger partial charge on any atom is 0.156 e. The van der Waals surface area contributed by atoms with Gasteiger partial charge in [0.25, 0.3) is 0 Å². The minimum absolute atomic E-state index is 0.185. The van der Waals surface area contributed by atoms with E-state index in [-0.39, 0.29) is 11.6 Å². The highest BCUT2D eigenvalue weighted by Gasteiger charge is 2.27. The lowest BCUT2D eigenvalue weighted by Crippen LogP contribution is -2.10. The molecule has 2 atom stereocenters. The Hall–Kier alpha value is -1.78. The van der Waals surface area contributed by atoms with Crippen molar-refractivity contribution in [1.82, 2.24) is 10.2 Å². The van der Waals surface area contributed by atoms with Gasteiger partial charge in [0.2, 0.25) is 0 Å². The first-order valence-electron chi connectivity index (χ1n) is 7.60. The van der Waals surface area contributed by atoms with Crippen molar-refractivity contribution in [3.8, 4) is 5.75 Å². The number of H-pyrrole nitrogens is 1. The molecule has 1 fully saturated rings. The maximum atomic E-state index is 14.0. The first kappa shape index (κ1) is 14.2. The number of rotatable bonds is 4. The van der Waals surface area contributed by atoms with Gasteiger partial charge < -0.3 is 10.5 Å². The molecular formula is C16H22FN3O. The largest absolute Gasteiger partial charge is 0.493 e. The zero-order valence-electron chi connectivity index (χ0n) is 12.5. The third-order valence-electron chi connectivity index (χ3n) is 4.63. The van der Waals surface area contributed by atoms with Crippen LogP contribution in [0.1, 0.15) is 33.1 Å². The molecule has 5 heteroatoms. The molecule has 1 aromatic heterocycles. The molecule has 1 aromatic carbocycles. The molecule has 0 saturated heterocycles. The topological polar surface area (TPSA) is 63.9 Å². The van der Waals surface area contributed by atoms with Crippen molar-refractivity contribution in [2.75, 3.05) is 12.3 Å². The molecule has 0 radical (unpaired) electrons. The number of ether oxygens (including phenoxy) is 1. The Balaban J connectivity index is 1.66. The Bertz CT molecular complexity index is 638. The minimum atomic E-state index is -0.389. The predicted octanol–water partition coefficient (Wildman–Crippen LogP) is 3.74. The van der Waals surface area contributed by atoms with Crippen LogP contribution < -0.4 is 10.5 Å². The van der Waals surface area contributed by atoms with E-state index in [4.69, 9.17) is 10.5 Å². The summed E-state index contributed by atoms with van der Waals surface area (Å²) in [5.41, 5.74) is 6.20. The molecule has 0 amide bonds. The number of nitrogens with one attached hydrogen (secondary N) is 1. The summed E-state index contributed by atoms with van der Waals surface area (Å²) in [7, 11) is 0. The van der Waals surface area contributed by atoms with Crippen molar-refractivity contribution in [2.45, 2.75) is 33.1 Å². The van der Waals surface area contributed by atoms with Gasteiger partial charge in [-0.3, -0.25) is 5.10 Å². The van der Waals surface area contributed by atoms with Crippen LogP contribution in [-0.4, -0.2) is 16.8 Å². The number of aromatic nitrogens is 2. The predicted molar refractivity (Wildman–Crippen MR) is 81.6 cm³/mol. The molecule has 3 N–H and O–H groups in total. The van der Waals surface area contributed by atoms with Gasteiger partial charge in [-0.15, -0.1) is 0 Å². The summed E-state index contributed by atoms with van der Waals surface area (Å²) >= 11 is 0. The molecule has 2 aromatic rings. The SMILES string of the molecule is CC(C)C1CC[C@@H](COc2cc(F)c3c(N)n[nH]c3c2)C1. The number of nitrogens with two attached hydrogens (primary N) is 1. The number of benzene rings is 1. The fraction of sp³-hybridized carbons (Fsp3) is 0.562. The Morgan fingerprint density at radius 2 is 2.24 bits per heavy atom. The van der Waals surface area contributed by atoms with E-state index in [1.165, 1.54) is 25.3 Å². The number of anilines is 1. The molecule has 0 bridgehead atoms. The van der Waals surface area contributed by atoms with Crippen LogP contribution in [0.4, 0.5) is 10.2 Å². The van der Waals surface area contributed by atoms with Crippen LogP contribution in [0.15, 0.2) is 12.1 Å². The van der Waals surface area contributed by atoms with Crippen LogP contribution in [-0.2, 0) is 0 Å². The Morgan fingerprint density at radius 1 is 1.43 bits per heavy atom. The second kappa shape index (κ2) is 5.54. The molecule has 1 unspecified atom stereocenters. The van der Waals surface area contributed by atoms with Crippen molar-refractivity contribution < 1.29 is 9.13 Å². The van der Waals surface area contributed by atoms with Gasteiger partial charge >= 0.3 is 0 Å². The third-order valence-corrected chi connectivity index (χ3v) is 4.63. The van der Waals surface area contributed by atoms with Gasteiger partial charge in [0, 0.05) is 12.1 Å². The number of aromatic amines is 1. The van der Waals surface area contributed by atoms with E-state index in [1.807, 2.05) is 0 Å². The number of hydrogen-bond donors (Lipinski definition) is 2. The van der Waals surface area contributed by atoms with E-state index >= 15 is 0 Å². The Labute approximate surface area is 123 Å². The molecule has 1 heterocycles. The van der Waals surface area contributed by atoms with E-state index in [9.17, 15) is 4.39 Å². The van der Waals surface area contributed by atoms with Crippen LogP contribution in [0, 0.1) is 23.6 Å². The van der Waals surface area contributed by atoms with Gasteiger partial charge in [-0.05, 0) is 37.0 Å². The Kier molecular flexibility index (Phi) is 3.74. The number of nitrogen functional groups attached to an aromatic ring is 1. The summed E-state index contributed by atoms with van der Waals surface area (Å²) in [5, 5.41) is 6.88. The number of hydrogen-bond acceptors (Lipinski definition) is 3. The van der Waals surface area contributed by atoms with Crippen molar-refractivity contribution in [1.29, 1.82) is 0 Å². The average Bonchev–Trinajstić information content (AvgIpc) is 3.04. The second-order valence-electron chi connectivity index (χ2n) is 6.43. The van der Waals surface area contributed by atoms with E-state index < -0.39 is 0 Å². The van der Waals surface area contributed by atoms with Gasteiger partial charge in [0.1, 0.15) is 11.6 Å². The highest BCUT2D eigenvalue weighted by molar-refractivity contribution is 5.90. The minimum Gasteiger partial charge on any atom is -0.493 e. The van der Waals surface area contributed by atoms with Crippen molar-refractivity contribution in [2.24, 2.45) is 17.8 Å². The first-order chi connectivity index (χ1) is 10.0. The summed E-state index contributed by atoms with van der Waals surface area (Å²) in [6.45, 7) is 5.21. The summed E-state index contributed by atoms with van der Waals surface area (Å²) in [6, 6.07) is 3.15. The quantitative estimate of drug-likeness (QED) is 0.902. The van der Waals surface area contributed by atoms with Crippen molar-refractivity contribution >= 4 is 16.7 Å². The van der Waals surface area contributed by atoms with Crippen LogP contribution in [0.5, 0.6) is 5.75 Å². The molecule has 4 nitrogen and oxygen atoms in total. The van der Waals surface area contributed by atoms with E-state index in [1.54, 1.807) is 6.07 Å². The van der Waals surface area contributed by atoms with Crippen LogP contribution in [0.25, 0.3) is 10.9 Å². The summed E-state index contributed by atoms with van der Waals surface area (Å²) in [4.78, 5) is 0. The van der Waals surface area contributed by atoms with E-state index in [2.05, 4.69) is 24.0 Å².